The molecule has 0 radical (unpaired) electrons. The Labute approximate surface area is 123 Å². The van der Waals surface area contributed by atoms with Crippen LogP contribution in [0.3, 0.4) is 0 Å². The number of carbonyl (C=O) groups is 1. The van der Waals surface area contributed by atoms with Crippen molar-refractivity contribution >= 4 is 23.2 Å². The number of hydrogen-bond donors (Lipinski definition) is 1. The molecule has 1 aliphatic heterocycles. The van der Waals surface area contributed by atoms with E-state index in [0.29, 0.717) is 11.3 Å². The molecule has 0 atom stereocenters. The standard InChI is InChI=1S/C18H13NO2/c1-2-11-21-14-9-7-13(8-10-14)12-16-15-5-3-4-6-17(15)19-18(16)20/h1,3-10,12H,11H2,(H,19,20)/b16-12-. The molecule has 3 heteroatoms. The highest BCUT2D eigenvalue weighted by Crippen LogP contribution is 2.32. The second kappa shape index (κ2) is 5.56. The average molecular weight is 275 g/mol. The van der Waals surface area contributed by atoms with E-state index in [9.17, 15) is 4.79 Å². The highest BCUT2D eigenvalue weighted by Gasteiger charge is 2.23. The zero-order chi connectivity index (χ0) is 14.7. The van der Waals surface area contributed by atoms with Crippen molar-refractivity contribution in [2.75, 3.05) is 11.9 Å². The number of nitrogens with one attached hydrogen (secondary N) is 1. The molecular weight excluding hydrogens is 262 g/mol. The Morgan fingerprint density at radius 3 is 2.67 bits per heavy atom. The highest BCUT2D eigenvalue weighted by atomic mass is 16.5. The van der Waals surface area contributed by atoms with Gasteiger partial charge in [0, 0.05) is 16.8 Å². The summed E-state index contributed by atoms with van der Waals surface area (Å²) in [5, 5.41) is 2.85. The van der Waals surface area contributed by atoms with Crippen LogP contribution < -0.4 is 10.1 Å². The molecule has 3 rings (SSSR count). The lowest BCUT2D eigenvalue weighted by Gasteiger charge is -2.03. The minimum Gasteiger partial charge on any atom is -0.481 e. The third kappa shape index (κ3) is 2.65. The molecule has 1 heterocycles. The van der Waals surface area contributed by atoms with Gasteiger partial charge in [-0.25, -0.2) is 0 Å². The number of hydrogen-bond acceptors (Lipinski definition) is 2. The summed E-state index contributed by atoms with van der Waals surface area (Å²) in [6.07, 6.45) is 7.01. The third-order valence-electron chi connectivity index (χ3n) is 3.22. The lowest BCUT2D eigenvalue weighted by Crippen LogP contribution is -2.03. The van der Waals surface area contributed by atoms with Gasteiger partial charge in [0.05, 0.1) is 0 Å². The second-order valence-electron chi connectivity index (χ2n) is 4.62. The van der Waals surface area contributed by atoms with Gasteiger partial charge in [0.2, 0.25) is 0 Å². The van der Waals surface area contributed by atoms with E-state index in [2.05, 4.69) is 11.2 Å². The van der Waals surface area contributed by atoms with Crippen LogP contribution in [0.25, 0.3) is 11.6 Å². The number of amides is 1. The molecule has 1 amide bonds. The van der Waals surface area contributed by atoms with Crippen molar-refractivity contribution in [3.63, 3.8) is 0 Å². The normalized spacial score (nSPS) is 14.4. The lowest BCUT2D eigenvalue weighted by atomic mass is 10.0. The molecule has 1 N–H and O–H groups in total. The number of benzene rings is 2. The van der Waals surface area contributed by atoms with Crippen molar-refractivity contribution < 1.29 is 9.53 Å². The average Bonchev–Trinajstić information content (AvgIpc) is 2.83. The first-order valence-corrected chi connectivity index (χ1v) is 6.57. The summed E-state index contributed by atoms with van der Waals surface area (Å²) in [4.78, 5) is 12.0. The van der Waals surface area contributed by atoms with Crippen LogP contribution in [0.15, 0.2) is 48.5 Å². The van der Waals surface area contributed by atoms with Gasteiger partial charge >= 0.3 is 0 Å². The largest absolute Gasteiger partial charge is 0.481 e. The molecular formula is C18H13NO2. The topological polar surface area (TPSA) is 38.3 Å². The van der Waals surface area contributed by atoms with Gasteiger partial charge in [0.25, 0.3) is 5.91 Å². The Morgan fingerprint density at radius 1 is 1.14 bits per heavy atom. The first-order chi connectivity index (χ1) is 10.3. The van der Waals surface area contributed by atoms with Gasteiger partial charge in [-0.05, 0) is 29.8 Å². The molecule has 0 saturated carbocycles. The number of anilines is 1. The first kappa shape index (κ1) is 13.0. The molecule has 0 saturated heterocycles. The Balaban J connectivity index is 1.88. The minimum atomic E-state index is -0.0798. The van der Waals surface area contributed by atoms with Gasteiger partial charge in [-0.3, -0.25) is 4.79 Å². The Hall–Kier alpha value is -2.99. The molecule has 1 aliphatic rings. The first-order valence-electron chi connectivity index (χ1n) is 6.57. The predicted molar refractivity (Wildman–Crippen MR) is 83.7 cm³/mol. The molecule has 0 aliphatic carbocycles. The third-order valence-corrected chi connectivity index (χ3v) is 3.22. The molecule has 0 unspecified atom stereocenters. The summed E-state index contributed by atoms with van der Waals surface area (Å²) in [5.74, 6) is 3.05. The molecule has 102 valence electrons. The second-order valence-corrected chi connectivity index (χ2v) is 4.62. The SMILES string of the molecule is C#CCOc1ccc(/C=C2\C(=O)Nc3ccccc32)cc1. The molecule has 0 bridgehead atoms. The fraction of sp³-hybridized carbons (Fsp3) is 0.0556. The van der Waals surface area contributed by atoms with Gasteiger partial charge in [-0.15, -0.1) is 6.42 Å². The molecule has 0 spiro atoms. The van der Waals surface area contributed by atoms with Crippen LogP contribution in [-0.4, -0.2) is 12.5 Å². The summed E-state index contributed by atoms with van der Waals surface area (Å²) in [6.45, 7) is 0.246. The summed E-state index contributed by atoms with van der Waals surface area (Å²) in [6, 6.07) is 15.1. The number of para-hydroxylation sites is 1. The summed E-state index contributed by atoms with van der Waals surface area (Å²) in [5.41, 5.74) is 3.38. The molecule has 3 nitrogen and oxygen atoms in total. The van der Waals surface area contributed by atoms with Crippen molar-refractivity contribution in [3.05, 3.63) is 59.7 Å². The van der Waals surface area contributed by atoms with Crippen molar-refractivity contribution in [3.8, 4) is 18.1 Å². The monoisotopic (exact) mass is 275 g/mol. The summed E-state index contributed by atoms with van der Waals surface area (Å²) >= 11 is 0. The maximum absolute atomic E-state index is 12.0. The maximum atomic E-state index is 12.0. The van der Waals surface area contributed by atoms with E-state index >= 15 is 0 Å². The quantitative estimate of drug-likeness (QED) is 0.690. The molecule has 2 aromatic carbocycles. The fourth-order valence-corrected chi connectivity index (χ4v) is 2.23. The van der Waals surface area contributed by atoms with Crippen LogP contribution in [-0.2, 0) is 4.79 Å². The van der Waals surface area contributed by atoms with Crippen LogP contribution in [0.1, 0.15) is 11.1 Å². The van der Waals surface area contributed by atoms with Crippen LogP contribution in [0, 0.1) is 12.3 Å². The minimum absolute atomic E-state index is 0.0798. The van der Waals surface area contributed by atoms with E-state index in [0.717, 1.165) is 16.8 Å². The van der Waals surface area contributed by atoms with Crippen molar-refractivity contribution in [2.24, 2.45) is 0 Å². The van der Waals surface area contributed by atoms with E-state index in [4.69, 9.17) is 11.2 Å². The summed E-state index contributed by atoms with van der Waals surface area (Å²) in [7, 11) is 0. The fourth-order valence-electron chi connectivity index (χ4n) is 2.23. The molecule has 2 aromatic rings. The maximum Gasteiger partial charge on any atom is 0.256 e. The van der Waals surface area contributed by atoms with E-state index in [-0.39, 0.29) is 12.5 Å². The smallest absolute Gasteiger partial charge is 0.256 e. The van der Waals surface area contributed by atoms with E-state index in [1.54, 1.807) is 0 Å². The number of rotatable bonds is 3. The van der Waals surface area contributed by atoms with Crippen molar-refractivity contribution in [1.82, 2.24) is 0 Å². The van der Waals surface area contributed by atoms with E-state index < -0.39 is 0 Å². The lowest BCUT2D eigenvalue weighted by molar-refractivity contribution is -0.110. The van der Waals surface area contributed by atoms with Gasteiger partial charge in [-0.1, -0.05) is 36.3 Å². The van der Waals surface area contributed by atoms with Crippen LogP contribution >= 0.6 is 0 Å². The predicted octanol–water partition coefficient (Wildman–Crippen LogP) is 3.19. The highest BCUT2D eigenvalue weighted by molar-refractivity contribution is 6.34. The number of terminal acetylenes is 1. The molecule has 0 aromatic heterocycles. The Bertz CT molecular complexity index is 752. The number of fused-ring (bicyclic) bond motifs is 1. The molecule has 0 fully saturated rings. The van der Waals surface area contributed by atoms with Gasteiger partial charge in [0.15, 0.2) is 0 Å². The zero-order valence-corrected chi connectivity index (χ0v) is 11.3. The number of ether oxygens (including phenoxy) is 1. The zero-order valence-electron chi connectivity index (χ0n) is 11.3. The van der Waals surface area contributed by atoms with E-state index in [1.165, 1.54) is 0 Å². The van der Waals surface area contributed by atoms with Crippen molar-refractivity contribution in [1.29, 1.82) is 0 Å². The van der Waals surface area contributed by atoms with Crippen molar-refractivity contribution in [2.45, 2.75) is 0 Å². The van der Waals surface area contributed by atoms with Gasteiger partial charge in [-0.2, -0.15) is 0 Å². The van der Waals surface area contributed by atoms with Gasteiger partial charge < -0.3 is 10.1 Å². The van der Waals surface area contributed by atoms with Gasteiger partial charge in [0.1, 0.15) is 12.4 Å². The van der Waals surface area contributed by atoms with Crippen LogP contribution in [0.5, 0.6) is 5.75 Å². The van der Waals surface area contributed by atoms with Crippen LogP contribution in [0.2, 0.25) is 0 Å². The Morgan fingerprint density at radius 2 is 1.90 bits per heavy atom. The van der Waals surface area contributed by atoms with E-state index in [1.807, 2.05) is 54.6 Å². The Kier molecular flexibility index (Phi) is 3.44. The number of carbonyl (C=O) groups excluding carboxylic acids is 1. The van der Waals surface area contributed by atoms with Crippen LogP contribution in [0.4, 0.5) is 5.69 Å². The summed E-state index contributed by atoms with van der Waals surface area (Å²) < 4.78 is 5.32. The molecule has 21 heavy (non-hydrogen) atoms.